The number of rotatable bonds is 3. The Labute approximate surface area is 145 Å². The first kappa shape index (κ1) is 15.2. The Morgan fingerprint density at radius 2 is 2.04 bits per heavy atom. The van der Waals surface area contributed by atoms with E-state index in [1.807, 2.05) is 0 Å². The van der Waals surface area contributed by atoms with Crippen LogP contribution in [0.4, 0.5) is 0 Å². The smallest absolute Gasteiger partial charge is 0.356 e. The van der Waals surface area contributed by atoms with Gasteiger partial charge < -0.3 is 10.1 Å². The van der Waals surface area contributed by atoms with Crippen LogP contribution < -0.4 is 5.56 Å². The number of hydrogen-bond donors (Lipinski definition) is 2. The summed E-state index contributed by atoms with van der Waals surface area (Å²) in [5.74, 6) is -1.04. The molecule has 0 bridgehead atoms. The Bertz CT molecular complexity index is 1050. The van der Waals surface area contributed by atoms with Crippen LogP contribution in [-0.4, -0.2) is 25.7 Å². The highest BCUT2D eigenvalue weighted by Gasteiger charge is 2.34. The number of carboxylic acid groups (broad SMARTS) is 1. The molecule has 1 fully saturated rings. The van der Waals surface area contributed by atoms with Gasteiger partial charge in [-0.25, -0.2) is 9.31 Å². The average Bonchev–Trinajstić information content (AvgIpc) is 3.29. The Morgan fingerprint density at radius 3 is 2.67 bits per heavy atom. The molecule has 0 atom stereocenters. The van der Waals surface area contributed by atoms with Crippen LogP contribution >= 0.6 is 23.2 Å². The van der Waals surface area contributed by atoms with Gasteiger partial charge in [0, 0.05) is 11.1 Å². The van der Waals surface area contributed by atoms with E-state index in [2.05, 4.69) is 10.1 Å². The van der Waals surface area contributed by atoms with Crippen molar-refractivity contribution in [1.29, 1.82) is 0 Å². The van der Waals surface area contributed by atoms with Crippen molar-refractivity contribution in [3.8, 4) is 11.3 Å². The summed E-state index contributed by atoms with van der Waals surface area (Å²) in [7, 11) is 0. The highest BCUT2D eigenvalue weighted by Crippen LogP contribution is 2.43. The predicted molar refractivity (Wildman–Crippen MR) is 90.2 cm³/mol. The quantitative estimate of drug-likeness (QED) is 0.744. The molecule has 0 spiro atoms. The molecule has 4 rings (SSSR count). The van der Waals surface area contributed by atoms with Crippen molar-refractivity contribution in [2.75, 3.05) is 0 Å². The number of aromatic amines is 1. The Hall–Kier alpha value is -2.31. The molecule has 1 aliphatic carbocycles. The van der Waals surface area contributed by atoms with Gasteiger partial charge >= 0.3 is 5.97 Å². The lowest BCUT2D eigenvalue weighted by Crippen LogP contribution is -2.12. The van der Waals surface area contributed by atoms with Crippen LogP contribution in [0.5, 0.6) is 0 Å². The molecule has 1 aromatic carbocycles. The van der Waals surface area contributed by atoms with Crippen molar-refractivity contribution < 1.29 is 9.90 Å². The second kappa shape index (κ2) is 5.36. The molecule has 0 unspecified atom stereocenters. The summed E-state index contributed by atoms with van der Waals surface area (Å²) >= 11 is 11.9. The fraction of sp³-hybridized carbons (Fsp3) is 0.188. The number of carbonyl (C=O) groups is 1. The van der Waals surface area contributed by atoms with Crippen molar-refractivity contribution >= 4 is 34.7 Å². The minimum atomic E-state index is -1.13. The van der Waals surface area contributed by atoms with E-state index < -0.39 is 5.97 Å². The fourth-order valence-electron chi connectivity index (χ4n) is 2.83. The lowest BCUT2D eigenvalue weighted by Gasteiger charge is -2.05. The molecule has 1 aliphatic rings. The molecule has 0 aliphatic heterocycles. The summed E-state index contributed by atoms with van der Waals surface area (Å²) < 4.78 is 1.34. The molecule has 8 heteroatoms. The summed E-state index contributed by atoms with van der Waals surface area (Å²) in [5.41, 5.74) is 1.51. The van der Waals surface area contributed by atoms with E-state index in [-0.39, 0.29) is 17.2 Å². The zero-order valence-corrected chi connectivity index (χ0v) is 13.7. The molecule has 1 saturated carbocycles. The number of benzene rings is 1. The zero-order chi connectivity index (χ0) is 17.0. The molecule has 6 nitrogen and oxygen atoms in total. The lowest BCUT2D eigenvalue weighted by molar-refractivity contribution is 0.0689. The molecule has 24 heavy (non-hydrogen) atoms. The molecule has 2 heterocycles. The SMILES string of the molecule is O=C(O)c1nn2cc(-c3ccc(Cl)c(Cl)c3)[nH]c(=O)c2c1C1CC1. The summed E-state index contributed by atoms with van der Waals surface area (Å²) in [5, 5.41) is 14.2. The van der Waals surface area contributed by atoms with Gasteiger partial charge in [0.15, 0.2) is 5.69 Å². The van der Waals surface area contributed by atoms with Crippen LogP contribution in [0.2, 0.25) is 10.0 Å². The lowest BCUT2D eigenvalue weighted by atomic mass is 10.1. The number of H-pyrrole nitrogens is 1. The van der Waals surface area contributed by atoms with Gasteiger partial charge in [-0.05, 0) is 30.9 Å². The van der Waals surface area contributed by atoms with E-state index in [1.165, 1.54) is 4.52 Å². The number of nitrogens with zero attached hydrogens (tertiary/aromatic N) is 2. The maximum atomic E-state index is 12.5. The Kier molecular flexibility index (Phi) is 3.40. The minimum Gasteiger partial charge on any atom is -0.476 e. The van der Waals surface area contributed by atoms with Gasteiger partial charge in [0.25, 0.3) is 5.56 Å². The highest BCUT2D eigenvalue weighted by atomic mass is 35.5. The molecule has 3 aromatic rings. The van der Waals surface area contributed by atoms with E-state index in [0.717, 1.165) is 12.8 Å². The van der Waals surface area contributed by atoms with Crippen LogP contribution in [-0.2, 0) is 0 Å². The first-order chi connectivity index (χ1) is 11.5. The van der Waals surface area contributed by atoms with Gasteiger partial charge in [-0.1, -0.05) is 29.3 Å². The van der Waals surface area contributed by atoms with Crippen LogP contribution in [0.25, 0.3) is 16.8 Å². The largest absolute Gasteiger partial charge is 0.476 e. The zero-order valence-electron chi connectivity index (χ0n) is 12.2. The maximum Gasteiger partial charge on any atom is 0.356 e. The topological polar surface area (TPSA) is 87.5 Å². The molecule has 2 N–H and O–H groups in total. The number of halogens is 2. The third-order valence-corrected chi connectivity index (χ3v) is 4.82. The predicted octanol–water partition coefficient (Wildman–Crippen LogP) is 3.57. The van der Waals surface area contributed by atoms with Gasteiger partial charge in [-0.3, -0.25) is 4.79 Å². The van der Waals surface area contributed by atoms with Crippen LogP contribution in [0.1, 0.15) is 34.8 Å². The van der Waals surface area contributed by atoms with Crippen molar-refractivity contribution in [3.63, 3.8) is 0 Å². The van der Waals surface area contributed by atoms with Crippen molar-refractivity contribution in [1.82, 2.24) is 14.6 Å². The number of fused-ring (bicyclic) bond motifs is 1. The average molecular weight is 364 g/mol. The van der Waals surface area contributed by atoms with Crippen LogP contribution in [0.15, 0.2) is 29.2 Å². The minimum absolute atomic E-state index is 0.0608. The molecular weight excluding hydrogens is 353 g/mol. The summed E-state index contributed by atoms with van der Waals surface area (Å²) in [4.78, 5) is 26.8. The van der Waals surface area contributed by atoms with Crippen molar-refractivity contribution in [3.05, 3.63) is 56.1 Å². The number of hydrogen-bond acceptors (Lipinski definition) is 3. The van der Waals surface area contributed by atoms with E-state index >= 15 is 0 Å². The van der Waals surface area contributed by atoms with Gasteiger partial charge in [0.2, 0.25) is 0 Å². The number of aromatic nitrogens is 3. The van der Waals surface area contributed by atoms with E-state index in [0.29, 0.717) is 32.4 Å². The molecule has 2 aromatic heterocycles. The number of aromatic carboxylic acids is 1. The van der Waals surface area contributed by atoms with Crippen molar-refractivity contribution in [2.45, 2.75) is 18.8 Å². The summed E-state index contributed by atoms with van der Waals surface area (Å²) in [6.45, 7) is 0. The van der Waals surface area contributed by atoms with Gasteiger partial charge in [0.05, 0.1) is 21.9 Å². The van der Waals surface area contributed by atoms with Crippen LogP contribution in [0.3, 0.4) is 0 Å². The van der Waals surface area contributed by atoms with Gasteiger partial charge in [-0.2, -0.15) is 5.10 Å². The second-order valence-electron chi connectivity index (χ2n) is 5.76. The van der Waals surface area contributed by atoms with E-state index in [9.17, 15) is 14.7 Å². The third-order valence-electron chi connectivity index (χ3n) is 4.08. The molecule has 0 radical (unpaired) electrons. The Morgan fingerprint density at radius 1 is 1.29 bits per heavy atom. The third kappa shape index (κ3) is 2.39. The standard InChI is InChI=1S/C16H11Cl2N3O3/c17-9-4-3-8(5-10(9)18)11-6-21-14(15(22)19-11)12(7-1-2-7)13(20-21)16(23)24/h3-7H,1-2H2,(H,19,22)(H,23,24). The molecule has 0 saturated heterocycles. The highest BCUT2D eigenvalue weighted by molar-refractivity contribution is 6.42. The fourth-order valence-corrected chi connectivity index (χ4v) is 3.13. The summed E-state index contributed by atoms with van der Waals surface area (Å²) in [6.07, 6.45) is 3.33. The first-order valence-electron chi connectivity index (χ1n) is 7.30. The maximum absolute atomic E-state index is 12.5. The second-order valence-corrected chi connectivity index (χ2v) is 6.58. The number of nitrogens with one attached hydrogen (secondary N) is 1. The number of carboxylic acids is 1. The van der Waals surface area contributed by atoms with E-state index in [4.69, 9.17) is 23.2 Å². The normalized spacial score (nSPS) is 14.2. The first-order valence-corrected chi connectivity index (χ1v) is 8.05. The Balaban J connectivity index is 1.96. The van der Waals surface area contributed by atoms with Crippen molar-refractivity contribution in [2.24, 2.45) is 0 Å². The van der Waals surface area contributed by atoms with E-state index in [1.54, 1.807) is 24.4 Å². The molecule has 122 valence electrons. The molecule has 0 amide bonds. The van der Waals surface area contributed by atoms with Gasteiger partial charge in [-0.15, -0.1) is 0 Å². The molecular formula is C16H11Cl2N3O3. The van der Waals surface area contributed by atoms with Crippen LogP contribution in [0, 0.1) is 0 Å². The summed E-state index contributed by atoms with van der Waals surface area (Å²) in [6, 6.07) is 4.97. The monoisotopic (exact) mass is 363 g/mol. The van der Waals surface area contributed by atoms with Gasteiger partial charge in [0.1, 0.15) is 5.52 Å².